The number of amides is 3. The fourth-order valence-electron chi connectivity index (χ4n) is 1.94. The SMILES string of the molecule is COCC(=O)Nc1ccc(NC(=O)C(NC(C)=O)C(C)C)cc1. The summed E-state index contributed by atoms with van der Waals surface area (Å²) in [6.45, 7) is 5.06. The average molecular weight is 321 g/mol. The summed E-state index contributed by atoms with van der Waals surface area (Å²) < 4.78 is 4.73. The van der Waals surface area contributed by atoms with E-state index in [9.17, 15) is 14.4 Å². The Bertz CT molecular complexity index is 555. The molecule has 1 unspecified atom stereocenters. The molecule has 0 fully saturated rings. The number of benzene rings is 1. The first kappa shape index (κ1) is 18.6. The van der Waals surface area contributed by atoms with Crippen molar-refractivity contribution in [2.24, 2.45) is 5.92 Å². The molecule has 3 amide bonds. The van der Waals surface area contributed by atoms with E-state index in [2.05, 4.69) is 16.0 Å². The number of anilines is 2. The summed E-state index contributed by atoms with van der Waals surface area (Å²) in [5.41, 5.74) is 1.18. The fraction of sp³-hybridized carbons (Fsp3) is 0.438. The van der Waals surface area contributed by atoms with Gasteiger partial charge in [0.15, 0.2) is 0 Å². The van der Waals surface area contributed by atoms with Crippen molar-refractivity contribution in [2.45, 2.75) is 26.8 Å². The van der Waals surface area contributed by atoms with Crippen LogP contribution in [0.3, 0.4) is 0 Å². The maximum atomic E-state index is 12.2. The molecule has 0 aliphatic heterocycles. The molecule has 126 valence electrons. The van der Waals surface area contributed by atoms with Crippen molar-refractivity contribution in [3.63, 3.8) is 0 Å². The first-order chi connectivity index (χ1) is 10.8. The second-order valence-corrected chi connectivity index (χ2v) is 5.47. The Morgan fingerprint density at radius 1 is 1.04 bits per heavy atom. The Morgan fingerprint density at radius 3 is 2.00 bits per heavy atom. The van der Waals surface area contributed by atoms with Gasteiger partial charge in [-0.25, -0.2) is 0 Å². The molecule has 0 heterocycles. The van der Waals surface area contributed by atoms with Crippen molar-refractivity contribution < 1.29 is 19.1 Å². The lowest BCUT2D eigenvalue weighted by molar-refractivity contribution is -0.126. The standard InChI is InChI=1S/C16H23N3O4/c1-10(2)15(17-11(3)20)16(22)19-13-7-5-12(6-8-13)18-14(21)9-23-4/h5-8,10,15H,9H2,1-4H3,(H,17,20)(H,18,21)(H,19,22). The van der Waals surface area contributed by atoms with E-state index in [1.54, 1.807) is 24.3 Å². The van der Waals surface area contributed by atoms with Crippen LogP contribution in [0, 0.1) is 5.92 Å². The van der Waals surface area contributed by atoms with Crippen LogP contribution in [0.1, 0.15) is 20.8 Å². The Balaban J connectivity index is 2.67. The van der Waals surface area contributed by atoms with Crippen LogP contribution in [0.2, 0.25) is 0 Å². The van der Waals surface area contributed by atoms with E-state index in [1.807, 2.05) is 13.8 Å². The highest BCUT2D eigenvalue weighted by Gasteiger charge is 2.22. The Hall–Kier alpha value is -2.41. The first-order valence-corrected chi connectivity index (χ1v) is 7.30. The zero-order chi connectivity index (χ0) is 17.4. The van der Waals surface area contributed by atoms with E-state index in [-0.39, 0.29) is 30.2 Å². The van der Waals surface area contributed by atoms with Gasteiger partial charge in [0, 0.05) is 25.4 Å². The highest BCUT2D eigenvalue weighted by atomic mass is 16.5. The van der Waals surface area contributed by atoms with E-state index in [1.165, 1.54) is 14.0 Å². The van der Waals surface area contributed by atoms with Gasteiger partial charge in [0.1, 0.15) is 12.6 Å². The fourth-order valence-corrected chi connectivity index (χ4v) is 1.94. The number of carbonyl (C=O) groups excluding carboxylic acids is 3. The predicted octanol–water partition coefficient (Wildman–Crippen LogP) is 1.37. The van der Waals surface area contributed by atoms with Crippen LogP contribution in [-0.4, -0.2) is 37.5 Å². The van der Waals surface area contributed by atoms with Gasteiger partial charge in [-0.05, 0) is 30.2 Å². The van der Waals surface area contributed by atoms with Crippen molar-refractivity contribution in [3.05, 3.63) is 24.3 Å². The lowest BCUT2D eigenvalue weighted by atomic mass is 10.0. The summed E-state index contributed by atoms with van der Waals surface area (Å²) in [4.78, 5) is 34.8. The minimum Gasteiger partial charge on any atom is -0.375 e. The second-order valence-electron chi connectivity index (χ2n) is 5.47. The van der Waals surface area contributed by atoms with Gasteiger partial charge in [-0.15, -0.1) is 0 Å². The zero-order valence-corrected chi connectivity index (χ0v) is 13.8. The first-order valence-electron chi connectivity index (χ1n) is 7.30. The number of hydrogen-bond donors (Lipinski definition) is 3. The van der Waals surface area contributed by atoms with Gasteiger partial charge < -0.3 is 20.7 Å². The monoisotopic (exact) mass is 321 g/mol. The summed E-state index contributed by atoms with van der Waals surface area (Å²) in [5, 5.41) is 8.03. The van der Waals surface area contributed by atoms with Gasteiger partial charge in [-0.1, -0.05) is 13.8 Å². The summed E-state index contributed by atoms with van der Waals surface area (Å²) >= 11 is 0. The molecule has 1 atom stereocenters. The molecule has 0 saturated heterocycles. The van der Waals surface area contributed by atoms with E-state index < -0.39 is 6.04 Å². The highest BCUT2D eigenvalue weighted by Crippen LogP contribution is 2.15. The van der Waals surface area contributed by atoms with Crippen LogP contribution < -0.4 is 16.0 Å². The molecule has 1 rings (SSSR count). The molecule has 0 aliphatic carbocycles. The minimum atomic E-state index is -0.603. The number of ether oxygens (including phenoxy) is 1. The molecule has 0 radical (unpaired) electrons. The third-order valence-electron chi connectivity index (χ3n) is 3.02. The average Bonchev–Trinajstić information content (AvgIpc) is 2.46. The van der Waals surface area contributed by atoms with Crippen LogP contribution in [0.5, 0.6) is 0 Å². The van der Waals surface area contributed by atoms with E-state index in [0.29, 0.717) is 11.4 Å². The summed E-state index contributed by atoms with van der Waals surface area (Å²) in [5.74, 6) is -0.831. The van der Waals surface area contributed by atoms with Crippen molar-refractivity contribution in [3.8, 4) is 0 Å². The van der Waals surface area contributed by atoms with Crippen LogP contribution in [-0.2, 0) is 19.1 Å². The van der Waals surface area contributed by atoms with Gasteiger partial charge in [-0.2, -0.15) is 0 Å². The van der Waals surface area contributed by atoms with Crippen molar-refractivity contribution >= 4 is 29.1 Å². The van der Waals surface area contributed by atoms with Crippen LogP contribution in [0.25, 0.3) is 0 Å². The number of hydrogen-bond acceptors (Lipinski definition) is 4. The van der Waals surface area contributed by atoms with Gasteiger partial charge >= 0.3 is 0 Å². The van der Waals surface area contributed by atoms with Crippen LogP contribution in [0.15, 0.2) is 24.3 Å². The summed E-state index contributed by atoms with van der Waals surface area (Å²) in [6, 6.07) is 6.09. The van der Waals surface area contributed by atoms with Gasteiger partial charge in [0.25, 0.3) is 0 Å². The molecule has 0 aromatic heterocycles. The number of methoxy groups -OCH3 is 1. The molecule has 0 spiro atoms. The van der Waals surface area contributed by atoms with Crippen molar-refractivity contribution in [2.75, 3.05) is 24.4 Å². The van der Waals surface area contributed by atoms with E-state index in [0.717, 1.165) is 0 Å². The summed E-state index contributed by atoms with van der Waals surface area (Å²) in [7, 11) is 1.44. The Labute approximate surface area is 135 Å². The van der Waals surface area contributed by atoms with E-state index >= 15 is 0 Å². The quantitative estimate of drug-likeness (QED) is 0.706. The molecular formula is C16H23N3O4. The Kier molecular flexibility index (Phi) is 7.21. The third kappa shape index (κ3) is 6.48. The minimum absolute atomic E-state index is 0.0225. The second kappa shape index (κ2) is 8.89. The molecule has 7 heteroatoms. The predicted molar refractivity (Wildman–Crippen MR) is 88.0 cm³/mol. The smallest absolute Gasteiger partial charge is 0.250 e. The van der Waals surface area contributed by atoms with Crippen LogP contribution in [0.4, 0.5) is 11.4 Å². The molecule has 0 aliphatic rings. The topological polar surface area (TPSA) is 96.5 Å². The van der Waals surface area contributed by atoms with Crippen molar-refractivity contribution in [1.29, 1.82) is 0 Å². The Morgan fingerprint density at radius 2 is 1.57 bits per heavy atom. The number of carbonyl (C=O) groups is 3. The molecule has 23 heavy (non-hydrogen) atoms. The van der Waals surface area contributed by atoms with Gasteiger partial charge in [-0.3, -0.25) is 14.4 Å². The molecule has 1 aromatic rings. The maximum absolute atomic E-state index is 12.2. The molecule has 3 N–H and O–H groups in total. The summed E-state index contributed by atoms with van der Waals surface area (Å²) in [6.07, 6.45) is 0. The lowest BCUT2D eigenvalue weighted by Crippen LogP contribution is -2.46. The maximum Gasteiger partial charge on any atom is 0.250 e. The number of nitrogens with one attached hydrogen (secondary N) is 3. The highest BCUT2D eigenvalue weighted by molar-refractivity contribution is 5.97. The molecule has 0 bridgehead atoms. The molecule has 1 aromatic carbocycles. The van der Waals surface area contributed by atoms with E-state index in [4.69, 9.17) is 4.74 Å². The normalized spacial score (nSPS) is 11.7. The molecule has 0 saturated carbocycles. The van der Waals surface area contributed by atoms with Crippen molar-refractivity contribution in [1.82, 2.24) is 5.32 Å². The van der Waals surface area contributed by atoms with Gasteiger partial charge in [0.2, 0.25) is 17.7 Å². The lowest BCUT2D eigenvalue weighted by Gasteiger charge is -2.21. The largest absolute Gasteiger partial charge is 0.375 e. The van der Waals surface area contributed by atoms with Crippen LogP contribution >= 0.6 is 0 Å². The third-order valence-corrected chi connectivity index (χ3v) is 3.02. The molecular weight excluding hydrogens is 298 g/mol. The molecule has 7 nitrogen and oxygen atoms in total. The zero-order valence-electron chi connectivity index (χ0n) is 13.8. The van der Waals surface area contributed by atoms with Gasteiger partial charge in [0.05, 0.1) is 0 Å². The number of rotatable bonds is 7.